The van der Waals surface area contributed by atoms with Gasteiger partial charge >= 0.3 is 5.97 Å². The summed E-state index contributed by atoms with van der Waals surface area (Å²) >= 11 is 0. The Hall–Kier alpha value is -2.31. The Morgan fingerprint density at radius 2 is 1.96 bits per heavy atom. The summed E-state index contributed by atoms with van der Waals surface area (Å²) in [7, 11) is 0. The molecule has 3 aliphatic rings. The van der Waals surface area contributed by atoms with E-state index in [-0.39, 0.29) is 24.1 Å². The number of carbonyl (C=O) groups is 2. The number of carboxylic acids is 1. The smallest absolute Gasteiger partial charge is 0.308 e. The maximum absolute atomic E-state index is 12.7. The third-order valence-electron chi connectivity index (χ3n) is 4.82. The Morgan fingerprint density at radius 1 is 1.17 bits per heavy atom. The van der Waals surface area contributed by atoms with Gasteiger partial charge in [0.2, 0.25) is 0 Å². The summed E-state index contributed by atoms with van der Waals surface area (Å²) in [6, 6.07) is 3.29. The van der Waals surface area contributed by atoms with E-state index in [0.717, 1.165) is 12.8 Å². The molecule has 2 atom stereocenters. The van der Waals surface area contributed by atoms with Crippen LogP contribution in [-0.2, 0) is 4.79 Å². The fraction of sp³-hybridized carbons (Fsp3) is 0.562. The molecular formula is C16H18N2O5. The minimum Gasteiger partial charge on any atom is -0.484 e. The molecular weight excluding hydrogens is 300 g/mol. The molecule has 7 nitrogen and oxygen atoms in total. The molecule has 0 aromatic carbocycles. The quantitative estimate of drug-likeness (QED) is 0.895. The molecule has 0 bridgehead atoms. The first-order valence-corrected chi connectivity index (χ1v) is 7.92. The van der Waals surface area contributed by atoms with Crippen LogP contribution in [-0.4, -0.2) is 53.2 Å². The van der Waals surface area contributed by atoms with Gasteiger partial charge in [-0.1, -0.05) is 0 Å². The molecule has 1 amide bonds. The molecule has 122 valence electrons. The number of rotatable bonds is 3. The van der Waals surface area contributed by atoms with E-state index >= 15 is 0 Å². The van der Waals surface area contributed by atoms with Crippen molar-refractivity contribution in [2.24, 2.45) is 17.8 Å². The van der Waals surface area contributed by atoms with Crippen LogP contribution in [0.2, 0.25) is 0 Å². The molecule has 1 saturated carbocycles. The number of carboxylic acid groups (broad SMARTS) is 1. The van der Waals surface area contributed by atoms with Crippen LogP contribution in [0.3, 0.4) is 0 Å². The number of likely N-dealkylation sites (tertiary alicyclic amines) is 1. The molecule has 1 aromatic heterocycles. The molecule has 0 spiro atoms. The fourth-order valence-electron chi connectivity index (χ4n) is 3.47. The van der Waals surface area contributed by atoms with E-state index in [0.29, 0.717) is 37.3 Å². The summed E-state index contributed by atoms with van der Waals surface area (Å²) in [6.07, 6.45) is 2.14. The minimum absolute atomic E-state index is 0.0636. The number of pyridine rings is 1. The van der Waals surface area contributed by atoms with Crippen LogP contribution in [0.15, 0.2) is 12.1 Å². The molecule has 4 rings (SSSR count). The molecule has 1 aliphatic carbocycles. The summed E-state index contributed by atoms with van der Waals surface area (Å²) in [4.78, 5) is 30.0. The maximum Gasteiger partial charge on any atom is 0.308 e. The van der Waals surface area contributed by atoms with E-state index < -0.39 is 11.9 Å². The molecule has 7 heteroatoms. The van der Waals surface area contributed by atoms with Crippen LogP contribution >= 0.6 is 0 Å². The number of carbonyl (C=O) groups excluding carboxylic acids is 1. The lowest BCUT2D eigenvalue weighted by Crippen LogP contribution is -2.31. The van der Waals surface area contributed by atoms with Crippen molar-refractivity contribution in [3.8, 4) is 11.6 Å². The van der Waals surface area contributed by atoms with Crippen LogP contribution in [0.4, 0.5) is 0 Å². The highest BCUT2D eigenvalue weighted by Crippen LogP contribution is 2.44. The predicted octanol–water partition coefficient (Wildman–Crippen LogP) is 1.04. The molecule has 0 radical (unpaired) electrons. The molecule has 0 unspecified atom stereocenters. The minimum atomic E-state index is -0.813. The van der Waals surface area contributed by atoms with Gasteiger partial charge in [0.1, 0.15) is 18.9 Å². The van der Waals surface area contributed by atoms with E-state index in [1.165, 1.54) is 0 Å². The predicted molar refractivity (Wildman–Crippen MR) is 78.5 cm³/mol. The SMILES string of the molecule is O=C(O)[C@@H]1CN(C(=O)c2ccc3c(n2)OCCO3)C[C@H]1C1CC1. The van der Waals surface area contributed by atoms with Crippen LogP contribution in [0.25, 0.3) is 0 Å². The van der Waals surface area contributed by atoms with Crippen molar-refractivity contribution in [2.75, 3.05) is 26.3 Å². The molecule has 1 aromatic rings. The third-order valence-corrected chi connectivity index (χ3v) is 4.82. The van der Waals surface area contributed by atoms with Crippen molar-refractivity contribution in [1.29, 1.82) is 0 Å². The molecule has 2 aliphatic heterocycles. The highest BCUT2D eigenvalue weighted by molar-refractivity contribution is 5.93. The summed E-state index contributed by atoms with van der Waals surface area (Å²) in [5, 5.41) is 9.40. The standard InChI is InChI=1S/C16H18N2O5/c19-15(12-3-4-13-14(17-12)23-6-5-22-13)18-7-10(9-1-2-9)11(8-18)16(20)21/h3-4,9-11H,1-2,5-8H2,(H,20,21)/t10-,11+/m0/s1. The topological polar surface area (TPSA) is 89.0 Å². The summed E-state index contributed by atoms with van der Waals surface area (Å²) in [5.74, 6) is -0.147. The third kappa shape index (κ3) is 2.60. The van der Waals surface area contributed by atoms with Crippen molar-refractivity contribution in [3.63, 3.8) is 0 Å². The number of aliphatic carboxylic acids is 1. The first-order chi connectivity index (χ1) is 11.1. The Bertz CT molecular complexity index is 658. The monoisotopic (exact) mass is 318 g/mol. The van der Waals surface area contributed by atoms with E-state index in [1.54, 1.807) is 17.0 Å². The molecule has 1 saturated heterocycles. The van der Waals surface area contributed by atoms with Crippen molar-refractivity contribution in [1.82, 2.24) is 9.88 Å². The van der Waals surface area contributed by atoms with Gasteiger partial charge in [-0.3, -0.25) is 9.59 Å². The first kappa shape index (κ1) is 14.3. The Kier molecular flexibility index (Phi) is 3.36. The van der Waals surface area contributed by atoms with Gasteiger partial charge in [-0.15, -0.1) is 0 Å². The van der Waals surface area contributed by atoms with Crippen LogP contribution < -0.4 is 9.47 Å². The number of nitrogens with zero attached hydrogens (tertiary/aromatic N) is 2. The maximum atomic E-state index is 12.7. The summed E-state index contributed by atoms with van der Waals surface area (Å²) < 4.78 is 10.8. The summed E-state index contributed by atoms with van der Waals surface area (Å²) in [5.41, 5.74) is 0.273. The fourth-order valence-corrected chi connectivity index (χ4v) is 3.47. The molecule has 3 heterocycles. The Labute approximate surface area is 133 Å². The lowest BCUT2D eigenvalue weighted by atomic mass is 9.92. The van der Waals surface area contributed by atoms with Gasteiger partial charge in [0.15, 0.2) is 5.75 Å². The second kappa shape index (κ2) is 5.40. The van der Waals surface area contributed by atoms with E-state index in [2.05, 4.69) is 4.98 Å². The van der Waals surface area contributed by atoms with Gasteiger partial charge in [0, 0.05) is 13.1 Å². The largest absolute Gasteiger partial charge is 0.484 e. The lowest BCUT2D eigenvalue weighted by molar-refractivity contribution is -0.142. The van der Waals surface area contributed by atoms with Gasteiger partial charge < -0.3 is 19.5 Å². The molecule has 1 N–H and O–H groups in total. The number of hydrogen-bond acceptors (Lipinski definition) is 5. The normalized spacial score (nSPS) is 26.2. The van der Waals surface area contributed by atoms with E-state index in [1.807, 2.05) is 0 Å². The molecule has 23 heavy (non-hydrogen) atoms. The number of amides is 1. The summed E-state index contributed by atoms with van der Waals surface area (Å²) in [6.45, 7) is 1.63. The number of fused-ring (bicyclic) bond motifs is 1. The number of hydrogen-bond donors (Lipinski definition) is 1. The number of aromatic nitrogens is 1. The highest BCUT2D eigenvalue weighted by Gasteiger charge is 2.47. The van der Waals surface area contributed by atoms with Crippen LogP contribution in [0.5, 0.6) is 11.6 Å². The van der Waals surface area contributed by atoms with Crippen molar-refractivity contribution in [2.45, 2.75) is 12.8 Å². The van der Waals surface area contributed by atoms with Crippen molar-refractivity contribution < 1.29 is 24.2 Å². The zero-order valence-electron chi connectivity index (χ0n) is 12.6. The lowest BCUT2D eigenvalue weighted by Gasteiger charge is -2.19. The van der Waals surface area contributed by atoms with Crippen molar-refractivity contribution in [3.05, 3.63) is 17.8 Å². The highest BCUT2D eigenvalue weighted by atomic mass is 16.6. The second-order valence-electron chi connectivity index (χ2n) is 6.35. The van der Waals surface area contributed by atoms with Gasteiger partial charge in [0.05, 0.1) is 5.92 Å². The van der Waals surface area contributed by atoms with E-state index in [4.69, 9.17) is 9.47 Å². The number of ether oxygens (including phenoxy) is 2. The average molecular weight is 318 g/mol. The van der Waals surface area contributed by atoms with Gasteiger partial charge in [-0.05, 0) is 36.8 Å². The van der Waals surface area contributed by atoms with E-state index in [9.17, 15) is 14.7 Å². The second-order valence-corrected chi connectivity index (χ2v) is 6.35. The van der Waals surface area contributed by atoms with Crippen molar-refractivity contribution >= 4 is 11.9 Å². The Balaban J connectivity index is 1.54. The van der Waals surface area contributed by atoms with Gasteiger partial charge in [-0.2, -0.15) is 0 Å². The zero-order chi connectivity index (χ0) is 16.0. The van der Waals surface area contributed by atoms with Crippen LogP contribution in [0, 0.1) is 17.8 Å². The van der Waals surface area contributed by atoms with Gasteiger partial charge in [0.25, 0.3) is 11.8 Å². The average Bonchev–Trinajstić information content (AvgIpc) is 3.31. The zero-order valence-corrected chi connectivity index (χ0v) is 12.6. The Morgan fingerprint density at radius 3 is 2.70 bits per heavy atom. The first-order valence-electron chi connectivity index (χ1n) is 7.92. The van der Waals surface area contributed by atoms with Crippen LogP contribution in [0.1, 0.15) is 23.3 Å². The molecule has 2 fully saturated rings. The van der Waals surface area contributed by atoms with Gasteiger partial charge in [-0.25, -0.2) is 4.98 Å².